The fraction of sp³-hybridized carbons (Fsp3) is 0.804. The number of hydrogen-bond acceptors (Lipinski definition) is 6. The van der Waals surface area contributed by atoms with E-state index in [1.807, 2.05) is 6.08 Å². The largest absolute Gasteiger partial charge is 0.462 e. The maximum absolute atomic E-state index is 12.8. The highest BCUT2D eigenvalue weighted by molar-refractivity contribution is 5.72. The second-order valence-corrected chi connectivity index (χ2v) is 17.8. The monoisotopic (exact) mass is 869 g/mol. The van der Waals surface area contributed by atoms with Gasteiger partial charge in [0.25, 0.3) is 0 Å². The molecule has 0 aliphatic heterocycles. The minimum atomic E-state index is -0.808. The minimum absolute atomic E-state index is 0.102. The van der Waals surface area contributed by atoms with Gasteiger partial charge in [-0.2, -0.15) is 0 Å². The number of carbonyl (C=O) groups is 3. The molecule has 0 N–H and O–H groups in total. The lowest BCUT2D eigenvalue weighted by Crippen LogP contribution is -2.30. The van der Waals surface area contributed by atoms with Gasteiger partial charge in [-0.1, -0.05) is 243 Å². The first-order valence-electron chi connectivity index (χ1n) is 26.6. The molecule has 1 atom stereocenters. The highest BCUT2D eigenvalue weighted by Gasteiger charge is 2.19. The van der Waals surface area contributed by atoms with E-state index in [0.29, 0.717) is 12.8 Å². The zero-order valence-electron chi connectivity index (χ0n) is 41.1. The Morgan fingerprint density at radius 3 is 1.11 bits per heavy atom. The SMILES string of the molecule is CC/C=C\C/C=C\C/C=C\CC(=O)OCC(COC(=O)CCCCCCC/C=C\CCCCCCCCCCC)OC(=O)CCCCCCCCCCCCCCCCCCC. The summed E-state index contributed by atoms with van der Waals surface area (Å²) in [7, 11) is 0. The molecule has 1 unspecified atom stereocenters. The van der Waals surface area contributed by atoms with E-state index in [2.05, 4.69) is 57.2 Å². The number of ether oxygens (including phenoxy) is 3. The normalized spacial score (nSPS) is 12.4. The van der Waals surface area contributed by atoms with E-state index in [1.54, 1.807) is 6.08 Å². The molecule has 0 rings (SSSR count). The van der Waals surface area contributed by atoms with Gasteiger partial charge in [0, 0.05) is 12.8 Å². The predicted molar refractivity (Wildman–Crippen MR) is 265 cm³/mol. The molecule has 62 heavy (non-hydrogen) atoms. The van der Waals surface area contributed by atoms with E-state index in [-0.39, 0.29) is 31.6 Å². The third kappa shape index (κ3) is 48.4. The number of carbonyl (C=O) groups excluding carboxylic acids is 3. The molecule has 0 saturated heterocycles. The molecule has 0 amide bonds. The molecule has 0 bridgehead atoms. The molecule has 0 aromatic rings. The van der Waals surface area contributed by atoms with Crippen LogP contribution in [0.2, 0.25) is 0 Å². The molecule has 0 radical (unpaired) electrons. The van der Waals surface area contributed by atoms with Gasteiger partial charge in [-0.3, -0.25) is 14.4 Å². The maximum atomic E-state index is 12.8. The van der Waals surface area contributed by atoms with Crippen molar-refractivity contribution in [2.45, 2.75) is 277 Å². The number of rotatable bonds is 48. The molecule has 0 saturated carbocycles. The first kappa shape index (κ1) is 59.4. The van der Waals surface area contributed by atoms with Crippen molar-refractivity contribution in [2.24, 2.45) is 0 Å². The van der Waals surface area contributed by atoms with Crippen molar-refractivity contribution in [1.82, 2.24) is 0 Å². The molecule has 0 heterocycles. The second kappa shape index (κ2) is 51.0. The van der Waals surface area contributed by atoms with Crippen LogP contribution < -0.4 is 0 Å². The lowest BCUT2D eigenvalue weighted by Gasteiger charge is -2.18. The van der Waals surface area contributed by atoms with Gasteiger partial charge in [-0.25, -0.2) is 0 Å². The van der Waals surface area contributed by atoms with Crippen LogP contribution >= 0.6 is 0 Å². The summed E-state index contributed by atoms with van der Waals surface area (Å²) in [5.74, 6) is -1.03. The molecular formula is C56H100O6. The lowest BCUT2D eigenvalue weighted by atomic mass is 10.0. The average Bonchev–Trinajstić information content (AvgIpc) is 3.27. The van der Waals surface area contributed by atoms with Crippen LogP contribution in [0.4, 0.5) is 0 Å². The van der Waals surface area contributed by atoms with E-state index >= 15 is 0 Å². The Bertz CT molecular complexity index is 1090. The quantitative estimate of drug-likeness (QED) is 0.0262. The van der Waals surface area contributed by atoms with Crippen LogP contribution in [0.25, 0.3) is 0 Å². The highest BCUT2D eigenvalue weighted by Crippen LogP contribution is 2.16. The van der Waals surface area contributed by atoms with Crippen molar-refractivity contribution in [3.8, 4) is 0 Å². The summed E-state index contributed by atoms with van der Waals surface area (Å²) in [4.78, 5) is 37.8. The topological polar surface area (TPSA) is 78.9 Å². The van der Waals surface area contributed by atoms with Gasteiger partial charge in [-0.15, -0.1) is 0 Å². The maximum Gasteiger partial charge on any atom is 0.309 e. The zero-order valence-corrected chi connectivity index (χ0v) is 41.1. The van der Waals surface area contributed by atoms with E-state index in [9.17, 15) is 14.4 Å². The third-order valence-electron chi connectivity index (χ3n) is 11.6. The Morgan fingerprint density at radius 2 is 0.694 bits per heavy atom. The summed E-state index contributed by atoms with van der Waals surface area (Å²) in [5, 5.41) is 0. The molecule has 0 fully saturated rings. The first-order chi connectivity index (χ1) is 30.5. The van der Waals surface area contributed by atoms with E-state index in [0.717, 1.165) is 64.2 Å². The van der Waals surface area contributed by atoms with Crippen LogP contribution in [0.3, 0.4) is 0 Å². The van der Waals surface area contributed by atoms with Gasteiger partial charge in [0.1, 0.15) is 13.2 Å². The van der Waals surface area contributed by atoms with E-state index in [1.165, 1.54) is 167 Å². The fourth-order valence-electron chi connectivity index (χ4n) is 7.62. The Labute approximate surface area is 384 Å². The molecule has 0 aromatic heterocycles. The van der Waals surface area contributed by atoms with E-state index < -0.39 is 12.1 Å². The minimum Gasteiger partial charge on any atom is -0.462 e. The van der Waals surface area contributed by atoms with Crippen molar-refractivity contribution >= 4 is 17.9 Å². The van der Waals surface area contributed by atoms with Gasteiger partial charge in [-0.05, 0) is 57.8 Å². The number of hydrogen-bond donors (Lipinski definition) is 0. The van der Waals surface area contributed by atoms with Crippen LogP contribution in [0.15, 0.2) is 48.6 Å². The molecule has 6 heteroatoms. The summed E-state index contributed by atoms with van der Waals surface area (Å²) in [6.07, 6.45) is 61.4. The average molecular weight is 869 g/mol. The summed E-state index contributed by atoms with van der Waals surface area (Å²) < 4.78 is 16.7. The summed E-state index contributed by atoms with van der Waals surface area (Å²) >= 11 is 0. The molecule has 6 nitrogen and oxygen atoms in total. The van der Waals surface area contributed by atoms with Crippen molar-refractivity contribution in [2.75, 3.05) is 13.2 Å². The van der Waals surface area contributed by atoms with E-state index in [4.69, 9.17) is 14.2 Å². The summed E-state index contributed by atoms with van der Waals surface area (Å²) in [6, 6.07) is 0. The van der Waals surface area contributed by atoms with Gasteiger partial charge in [0.15, 0.2) is 6.10 Å². The van der Waals surface area contributed by atoms with Crippen LogP contribution in [0.1, 0.15) is 271 Å². The lowest BCUT2D eigenvalue weighted by molar-refractivity contribution is -0.166. The standard InChI is InChI=1S/C56H100O6/c1-4-7-10-13-16-19-21-23-25-27-29-30-32-34-37-40-43-46-49-55(58)61-52-53(51-60-54(57)48-45-42-39-36-18-15-12-9-6-3)62-56(59)50-47-44-41-38-35-33-31-28-26-24-22-20-17-14-11-8-5-2/h9,12,18,29-30,36,42,45,53H,4-8,10-11,13-17,19-28,31-35,37-41,43-44,46-52H2,1-3H3/b12-9-,30-29-,36-18-,45-42-. The highest BCUT2D eigenvalue weighted by atomic mass is 16.6. The van der Waals surface area contributed by atoms with Gasteiger partial charge < -0.3 is 14.2 Å². The van der Waals surface area contributed by atoms with Crippen LogP contribution in [-0.2, 0) is 28.6 Å². The van der Waals surface area contributed by atoms with Crippen LogP contribution in [0, 0.1) is 0 Å². The van der Waals surface area contributed by atoms with Crippen LogP contribution in [-0.4, -0.2) is 37.2 Å². The summed E-state index contributed by atoms with van der Waals surface area (Å²) in [5.41, 5.74) is 0. The van der Waals surface area contributed by atoms with Crippen LogP contribution in [0.5, 0.6) is 0 Å². The van der Waals surface area contributed by atoms with Gasteiger partial charge in [0.05, 0.1) is 6.42 Å². The number of esters is 3. The Hall–Kier alpha value is -2.63. The molecule has 0 spiro atoms. The van der Waals surface area contributed by atoms with Gasteiger partial charge >= 0.3 is 17.9 Å². The summed E-state index contributed by atoms with van der Waals surface area (Å²) in [6.45, 7) is 6.44. The van der Waals surface area contributed by atoms with Crippen molar-refractivity contribution < 1.29 is 28.6 Å². The Kier molecular flexibility index (Phi) is 48.8. The smallest absolute Gasteiger partial charge is 0.309 e. The number of allylic oxidation sites excluding steroid dienone is 7. The number of unbranched alkanes of at least 4 members (excludes halogenated alkanes) is 30. The fourth-order valence-corrected chi connectivity index (χ4v) is 7.62. The van der Waals surface area contributed by atoms with Crippen molar-refractivity contribution in [3.05, 3.63) is 48.6 Å². The molecule has 360 valence electrons. The first-order valence-corrected chi connectivity index (χ1v) is 26.6. The van der Waals surface area contributed by atoms with Crippen molar-refractivity contribution in [3.63, 3.8) is 0 Å². The van der Waals surface area contributed by atoms with Crippen molar-refractivity contribution in [1.29, 1.82) is 0 Å². The molecule has 0 aliphatic carbocycles. The third-order valence-corrected chi connectivity index (χ3v) is 11.6. The molecule has 0 aromatic carbocycles. The Morgan fingerprint density at radius 1 is 0.355 bits per heavy atom. The second-order valence-electron chi connectivity index (χ2n) is 17.8. The molecular weight excluding hydrogens is 769 g/mol. The zero-order chi connectivity index (χ0) is 45.1. The van der Waals surface area contributed by atoms with Gasteiger partial charge in [0.2, 0.25) is 0 Å². The predicted octanol–water partition coefficient (Wildman–Crippen LogP) is 17.5. The molecule has 0 aliphatic rings. The Balaban J connectivity index is 4.32.